The molecule has 0 spiro atoms. The molecule has 31 heavy (non-hydrogen) atoms. The zero-order valence-corrected chi connectivity index (χ0v) is 17.8. The second-order valence-electron chi connectivity index (χ2n) is 7.53. The smallest absolute Gasteiger partial charge is 0.314 e. The highest BCUT2D eigenvalue weighted by molar-refractivity contribution is 7.89. The van der Waals surface area contributed by atoms with Crippen LogP contribution in [0.1, 0.15) is 18.4 Å². The third-order valence-corrected chi connectivity index (χ3v) is 7.28. The Balaban J connectivity index is 1.70. The Morgan fingerprint density at radius 3 is 2.39 bits per heavy atom. The van der Waals surface area contributed by atoms with Gasteiger partial charge in [0.1, 0.15) is 5.82 Å². The number of aromatic amines is 2. The molecule has 2 heterocycles. The molecule has 1 aliphatic rings. The van der Waals surface area contributed by atoms with Gasteiger partial charge in [0.05, 0.1) is 15.9 Å². The van der Waals surface area contributed by atoms with Crippen LogP contribution in [-0.4, -0.2) is 37.1 Å². The summed E-state index contributed by atoms with van der Waals surface area (Å²) in [5.41, 5.74) is -1.46. The first-order chi connectivity index (χ1) is 14.7. The number of hydrogen-bond acceptors (Lipinski definition) is 5. The first-order valence-electron chi connectivity index (χ1n) is 9.50. The van der Waals surface area contributed by atoms with Crippen molar-refractivity contribution in [1.82, 2.24) is 14.7 Å². The van der Waals surface area contributed by atoms with Crippen LogP contribution >= 0.6 is 11.6 Å². The standard InChI is InChI=1S/C20H19ClFN3O5S/c21-15-9-13(22)2-1-12(15)11-20(5-7-30-8-6-20)25-31(28,29)14-3-4-16-17(10-14)24-19(27)18(26)23-16/h1-4,9-10,25H,5-8,11H2,(H,23,26)(H,24,27). The predicted molar refractivity (Wildman–Crippen MR) is 113 cm³/mol. The number of hydrogen-bond donors (Lipinski definition) is 3. The molecule has 0 bridgehead atoms. The molecule has 1 aliphatic heterocycles. The number of halogens is 2. The summed E-state index contributed by atoms with van der Waals surface area (Å²) in [6.45, 7) is 0.710. The van der Waals surface area contributed by atoms with Gasteiger partial charge in [-0.05, 0) is 55.2 Å². The zero-order chi connectivity index (χ0) is 22.2. The van der Waals surface area contributed by atoms with Gasteiger partial charge in [-0.1, -0.05) is 17.7 Å². The number of fused-ring (bicyclic) bond motifs is 1. The molecule has 3 N–H and O–H groups in total. The Morgan fingerprint density at radius 1 is 1.03 bits per heavy atom. The number of benzene rings is 2. The lowest BCUT2D eigenvalue weighted by atomic mass is 9.85. The maximum atomic E-state index is 13.4. The van der Waals surface area contributed by atoms with E-state index in [4.69, 9.17) is 16.3 Å². The largest absolute Gasteiger partial charge is 0.381 e. The molecule has 8 nitrogen and oxygen atoms in total. The molecule has 2 aromatic carbocycles. The highest BCUT2D eigenvalue weighted by Gasteiger charge is 2.37. The van der Waals surface area contributed by atoms with Gasteiger partial charge in [0, 0.05) is 23.8 Å². The summed E-state index contributed by atoms with van der Waals surface area (Å²) < 4.78 is 48.1. The van der Waals surface area contributed by atoms with Crippen LogP contribution in [0.3, 0.4) is 0 Å². The molecule has 4 rings (SSSR count). The molecule has 1 fully saturated rings. The molecule has 1 aromatic heterocycles. The second kappa shape index (κ2) is 8.19. The normalized spacial score (nSPS) is 16.5. The van der Waals surface area contributed by atoms with Crippen molar-refractivity contribution in [3.05, 3.63) is 73.5 Å². The summed E-state index contributed by atoms with van der Waals surface area (Å²) in [6, 6.07) is 8.06. The van der Waals surface area contributed by atoms with Gasteiger partial charge in [-0.2, -0.15) is 0 Å². The minimum atomic E-state index is -4.01. The molecule has 0 saturated carbocycles. The van der Waals surface area contributed by atoms with Gasteiger partial charge in [0.25, 0.3) is 0 Å². The summed E-state index contributed by atoms with van der Waals surface area (Å²) in [4.78, 5) is 27.8. The summed E-state index contributed by atoms with van der Waals surface area (Å²) in [7, 11) is -4.01. The number of nitrogens with one attached hydrogen (secondary N) is 3. The number of H-pyrrole nitrogens is 2. The lowest BCUT2D eigenvalue weighted by Gasteiger charge is -2.38. The summed E-state index contributed by atoms with van der Waals surface area (Å²) >= 11 is 6.18. The third-order valence-electron chi connectivity index (χ3n) is 5.35. The van der Waals surface area contributed by atoms with Gasteiger partial charge in [-0.3, -0.25) is 9.59 Å². The molecule has 164 valence electrons. The fraction of sp³-hybridized carbons (Fsp3) is 0.300. The summed E-state index contributed by atoms with van der Waals surface area (Å²) in [5, 5.41) is 0.220. The molecule has 0 unspecified atom stereocenters. The number of ether oxygens (including phenoxy) is 1. The minimum Gasteiger partial charge on any atom is -0.381 e. The van der Waals surface area contributed by atoms with Crippen LogP contribution in [0.25, 0.3) is 11.0 Å². The van der Waals surface area contributed by atoms with Gasteiger partial charge in [0.2, 0.25) is 10.0 Å². The van der Waals surface area contributed by atoms with Crippen LogP contribution in [0.2, 0.25) is 5.02 Å². The highest BCUT2D eigenvalue weighted by atomic mass is 35.5. The molecule has 0 aliphatic carbocycles. The Bertz CT molecular complexity index is 1360. The monoisotopic (exact) mass is 467 g/mol. The Kier molecular flexibility index (Phi) is 5.73. The average molecular weight is 468 g/mol. The highest BCUT2D eigenvalue weighted by Crippen LogP contribution is 2.31. The lowest BCUT2D eigenvalue weighted by Crippen LogP contribution is -2.53. The van der Waals surface area contributed by atoms with Crippen molar-refractivity contribution >= 4 is 32.7 Å². The summed E-state index contributed by atoms with van der Waals surface area (Å²) in [6.07, 6.45) is 1.06. The van der Waals surface area contributed by atoms with E-state index >= 15 is 0 Å². The van der Waals surface area contributed by atoms with Crippen molar-refractivity contribution in [3.63, 3.8) is 0 Å². The van der Waals surface area contributed by atoms with Crippen molar-refractivity contribution < 1.29 is 17.5 Å². The fourth-order valence-electron chi connectivity index (χ4n) is 3.71. The quantitative estimate of drug-likeness (QED) is 0.496. The van der Waals surface area contributed by atoms with Crippen LogP contribution in [0, 0.1) is 5.82 Å². The SMILES string of the molecule is O=c1[nH]c2ccc(S(=O)(=O)NC3(Cc4ccc(F)cc4Cl)CCOCC3)cc2[nH]c1=O. The maximum absolute atomic E-state index is 13.4. The van der Waals surface area contributed by atoms with Crippen molar-refractivity contribution in [2.75, 3.05) is 13.2 Å². The van der Waals surface area contributed by atoms with Gasteiger partial charge >= 0.3 is 11.1 Å². The summed E-state index contributed by atoms with van der Waals surface area (Å²) in [5.74, 6) is -0.474. The molecular weight excluding hydrogens is 449 g/mol. The van der Waals surface area contributed by atoms with E-state index in [0.717, 1.165) is 0 Å². The third kappa shape index (κ3) is 4.57. The fourth-order valence-corrected chi connectivity index (χ4v) is 5.43. The molecular formula is C20H19ClFN3O5S. The van der Waals surface area contributed by atoms with E-state index in [2.05, 4.69) is 14.7 Å². The second-order valence-corrected chi connectivity index (χ2v) is 9.62. The van der Waals surface area contributed by atoms with Crippen LogP contribution < -0.4 is 15.8 Å². The number of aromatic nitrogens is 2. The van der Waals surface area contributed by atoms with Gasteiger partial charge in [-0.15, -0.1) is 0 Å². The van der Waals surface area contributed by atoms with Gasteiger partial charge < -0.3 is 14.7 Å². The van der Waals surface area contributed by atoms with E-state index in [1.54, 1.807) is 6.07 Å². The van der Waals surface area contributed by atoms with Crippen molar-refractivity contribution in [2.45, 2.75) is 29.7 Å². The van der Waals surface area contributed by atoms with E-state index in [1.165, 1.54) is 30.3 Å². The number of rotatable bonds is 5. The molecule has 11 heteroatoms. The van der Waals surface area contributed by atoms with Crippen LogP contribution in [-0.2, 0) is 21.2 Å². The molecule has 1 saturated heterocycles. The zero-order valence-electron chi connectivity index (χ0n) is 16.2. The Labute approximate surface area is 181 Å². The van der Waals surface area contributed by atoms with Crippen molar-refractivity contribution in [2.24, 2.45) is 0 Å². The van der Waals surface area contributed by atoms with E-state index in [9.17, 15) is 22.4 Å². The van der Waals surface area contributed by atoms with Crippen molar-refractivity contribution in [1.29, 1.82) is 0 Å². The van der Waals surface area contributed by atoms with E-state index in [-0.39, 0.29) is 21.9 Å². The minimum absolute atomic E-state index is 0.0706. The first kappa shape index (κ1) is 21.7. The van der Waals surface area contributed by atoms with Crippen LogP contribution in [0.15, 0.2) is 50.9 Å². The van der Waals surface area contributed by atoms with E-state index in [1.807, 2.05) is 0 Å². The predicted octanol–water partition coefficient (Wildman–Crippen LogP) is 2.08. The number of sulfonamides is 1. The lowest BCUT2D eigenvalue weighted by molar-refractivity contribution is 0.0472. The van der Waals surface area contributed by atoms with Crippen molar-refractivity contribution in [3.8, 4) is 0 Å². The molecule has 0 atom stereocenters. The topological polar surface area (TPSA) is 121 Å². The van der Waals surface area contributed by atoms with Gasteiger partial charge in [-0.25, -0.2) is 17.5 Å². The van der Waals surface area contributed by atoms with Gasteiger partial charge in [0.15, 0.2) is 0 Å². The molecule has 3 aromatic rings. The van der Waals surface area contributed by atoms with Crippen LogP contribution in [0.5, 0.6) is 0 Å². The van der Waals surface area contributed by atoms with E-state index < -0.39 is 32.5 Å². The van der Waals surface area contributed by atoms with Crippen LogP contribution in [0.4, 0.5) is 4.39 Å². The molecule has 0 radical (unpaired) electrons. The van der Waals surface area contributed by atoms with E-state index in [0.29, 0.717) is 37.1 Å². The first-order valence-corrected chi connectivity index (χ1v) is 11.4. The molecule has 0 amide bonds. The Morgan fingerprint density at radius 2 is 1.71 bits per heavy atom. The Hall–Kier alpha value is -2.53. The average Bonchev–Trinajstić information content (AvgIpc) is 2.71. The maximum Gasteiger partial charge on any atom is 0.314 e.